The summed E-state index contributed by atoms with van der Waals surface area (Å²) in [6.07, 6.45) is 3.38. The highest BCUT2D eigenvalue weighted by Crippen LogP contribution is 2.32. The van der Waals surface area contributed by atoms with Gasteiger partial charge in [0.15, 0.2) is 17.7 Å². The normalized spacial score (nSPS) is 20.0. The van der Waals surface area contributed by atoms with Crippen LogP contribution in [0.4, 0.5) is 8.78 Å². The van der Waals surface area contributed by atoms with Gasteiger partial charge in [0.25, 0.3) is 0 Å². The van der Waals surface area contributed by atoms with Gasteiger partial charge < -0.3 is 14.5 Å². The van der Waals surface area contributed by atoms with E-state index in [0.29, 0.717) is 5.89 Å². The van der Waals surface area contributed by atoms with Gasteiger partial charge in [0.05, 0.1) is 6.20 Å². The van der Waals surface area contributed by atoms with E-state index in [1.807, 2.05) is 0 Å². The van der Waals surface area contributed by atoms with Gasteiger partial charge in [0.1, 0.15) is 12.1 Å². The lowest BCUT2D eigenvalue weighted by Gasteiger charge is -2.21. The lowest BCUT2D eigenvalue weighted by atomic mass is 10.0. The summed E-state index contributed by atoms with van der Waals surface area (Å²) in [6, 6.07) is 3.25. The van der Waals surface area contributed by atoms with Gasteiger partial charge in [-0.1, -0.05) is 0 Å². The summed E-state index contributed by atoms with van der Waals surface area (Å²) in [7, 11) is 0. The molecule has 6 heteroatoms. The molecule has 0 bridgehead atoms. The summed E-state index contributed by atoms with van der Waals surface area (Å²) in [4.78, 5) is 4.09. The number of aromatic nitrogens is 1. The first-order valence-corrected chi connectivity index (χ1v) is 6.46. The zero-order chi connectivity index (χ0) is 13.9. The lowest BCUT2D eigenvalue weighted by molar-refractivity contribution is 0.109. The number of hydrogen-bond donors (Lipinski definition) is 1. The Morgan fingerprint density at radius 1 is 1.40 bits per heavy atom. The minimum Gasteiger partial charge on any atom is -0.477 e. The van der Waals surface area contributed by atoms with E-state index in [-0.39, 0.29) is 11.7 Å². The molecule has 0 amide bonds. The van der Waals surface area contributed by atoms with Crippen molar-refractivity contribution in [2.24, 2.45) is 5.92 Å². The van der Waals surface area contributed by atoms with Crippen molar-refractivity contribution in [3.63, 3.8) is 0 Å². The van der Waals surface area contributed by atoms with Crippen molar-refractivity contribution >= 4 is 0 Å². The quantitative estimate of drug-likeness (QED) is 0.935. The van der Waals surface area contributed by atoms with Crippen LogP contribution in [0.25, 0.3) is 0 Å². The molecule has 1 unspecified atom stereocenters. The van der Waals surface area contributed by atoms with Crippen LogP contribution in [0.5, 0.6) is 5.75 Å². The zero-order valence-corrected chi connectivity index (χ0v) is 10.7. The fraction of sp³-hybridized carbons (Fsp3) is 0.357. The van der Waals surface area contributed by atoms with Crippen LogP contribution in [-0.4, -0.2) is 18.1 Å². The van der Waals surface area contributed by atoms with Crippen LogP contribution in [0.2, 0.25) is 0 Å². The van der Waals surface area contributed by atoms with Crippen molar-refractivity contribution in [2.45, 2.75) is 12.5 Å². The Balaban J connectivity index is 1.86. The summed E-state index contributed by atoms with van der Waals surface area (Å²) in [5, 5.41) is 3.22. The molecule has 0 radical (unpaired) electrons. The molecule has 106 valence electrons. The molecule has 2 aromatic rings. The van der Waals surface area contributed by atoms with E-state index in [1.165, 1.54) is 18.5 Å². The average Bonchev–Trinajstić information content (AvgIpc) is 3.11. The van der Waals surface area contributed by atoms with E-state index in [4.69, 9.17) is 9.15 Å². The summed E-state index contributed by atoms with van der Waals surface area (Å²) >= 11 is 0. The standard InChI is InChI=1S/C14H14F2N2O2/c15-10-1-2-12(11(16)7-10)20-13(9-3-4-17-8-9)14-18-5-6-19-14/h1-2,5-7,9,13,17H,3-4,8H2/t9?,13-/m0/s1. The number of nitrogens with zero attached hydrogens (tertiary/aromatic N) is 1. The molecule has 2 heterocycles. The smallest absolute Gasteiger partial charge is 0.235 e. The minimum absolute atomic E-state index is 0.00139. The lowest BCUT2D eigenvalue weighted by Crippen LogP contribution is -2.22. The van der Waals surface area contributed by atoms with E-state index in [1.54, 1.807) is 0 Å². The summed E-state index contributed by atoms with van der Waals surface area (Å²) in [5.41, 5.74) is 0. The number of ether oxygens (including phenoxy) is 1. The molecule has 1 saturated heterocycles. The molecule has 0 saturated carbocycles. The maximum atomic E-state index is 13.7. The Kier molecular flexibility index (Phi) is 3.64. The number of hydrogen-bond acceptors (Lipinski definition) is 4. The number of nitrogens with one attached hydrogen (secondary N) is 1. The van der Waals surface area contributed by atoms with Gasteiger partial charge in [-0.15, -0.1) is 0 Å². The molecule has 4 nitrogen and oxygen atoms in total. The van der Waals surface area contributed by atoms with Crippen molar-refractivity contribution in [3.8, 4) is 5.75 Å². The average molecular weight is 280 g/mol. The second-order valence-electron chi connectivity index (χ2n) is 4.74. The molecular weight excluding hydrogens is 266 g/mol. The fourth-order valence-electron chi connectivity index (χ4n) is 2.37. The SMILES string of the molecule is Fc1ccc(O[C@H](c2ncco2)C2CCNC2)c(F)c1. The Bertz CT molecular complexity index is 569. The molecular formula is C14H14F2N2O2. The molecule has 20 heavy (non-hydrogen) atoms. The molecule has 1 aromatic carbocycles. The van der Waals surface area contributed by atoms with Crippen molar-refractivity contribution in [3.05, 3.63) is 48.2 Å². The fourth-order valence-corrected chi connectivity index (χ4v) is 2.37. The molecule has 1 N–H and O–H groups in total. The van der Waals surface area contributed by atoms with Gasteiger partial charge >= 0.3 is 0 Å². The predicted octanol–water partition coefficient (Wildman–Crippen LogP) is 2.68. The van der Waals surface area contributed by atoms with Crippen LogP contribution in [0.1, 0.15) is 18.4 Å². The minimum atomic E-state index is -0.729. The topological polar surface area (TPSA) is 47.3 Å². The van der Waals surface area contributed by atoms with E-state index < -0.39 is 17.7 Å². The first kappa shape index (κ1) is 13.1. The highest BCUT2D eigenvalue weighted by Gasteiger charge is 2.31. The molecule has 0 aliphatic carbocycles. The number of rotatable bonds is 4. The molecule has 1 fully saturated rings. The van der Waals surface area contributed by atoms with Crippen LogP contribution in [-0.2, 0) is 0 Å². The Hall–Kier alpha value is -1.95. The first-order chi connectivity index (χ1) is 9.74. The highest BCUT2D eigenvalue weighted by atomic mass is 19.1. The van der Waals surface area contributed by atoms with Gasteiger partial charge in [-0.05, 0) is 25.1 Å². The van der Waals surface area contributed by atoms with Crippen LogP contribution >= 0.6 is 0 Å². The Labute approximate surface area is 114 Å². The molecule has 2 atom stereocenters. The van der Waals surface area contributed by atoms with Crippen molar-refractivity contribution in [1.82, 2.24) is 10.3 Å². The second-order valence-corrected chi connectivity index (χ2v) is 4.74. The third-order valence-electron chi connectivity index (χ3n) is 3.37. The van der Waals surface area contributed by atoms with Crippen LogP contribution in [0.15, 0.2) is 35.1 Å². The third kappa shape index (κ3) is 2.65. The zero-order valence-electron chi connectivity index (χ0n) is 10.7. The maximum absolute atomic E-state index is 13.7. The monoisotopic (exact) mass is 280 g/mol. The van der Waals surface area contributed by atoms with E-state index >= 15 is 0 Å². The van der Waals surface area contributed by atoms with Crippen molar-refractivity contribution < 1.29 is 17.9 Å². The maximum Gasteiger partial charge on any atom is 0.235 e. The van der Waals surface area contributed by atoms with E-state index in [9.17, 15) is 8.78 Å². The molecule has 1 aliphatic heterocycles. The van der Waals surface area contributed by atoms with Crippen molar-refractivity contribution in [2.75, 3.05) is 13.1 Å². The van der Waals surface area contributed by atoms with Gasteiger partial charge in [-0.3, -0.25) is 0 Å². The van der Waals surface area contributed by atoms with E-state index in [2.05, 4.69) is 10.3 Å². The molecule has 0 spiro atoms. The van der Waals surface area contributed by atoms with Gasteiger partial charge in [-0.2, -0.15) is 0 Å². The summed E-state index contributed by atoms with van der Waals surface area (Å²) in [5.74, 6) is -0.820. The second kappa shape index (κ2) is 5.58. The largest absolute Gasteiger partial charge is 0.477 e. The Morgan fingerprint density at radius 3 is 2.95 bits per heavy atom. The van der Waals surface area contributed by atoms with Crippen LogP contribution in [0.3, 0.4) is 0 Å². The Morgan fingerprint density at radius 2 is 2.30 bits per heavy atom. The number of halogens is 2. The molecule has 3 rings (SSSR count). The van der Waals surface area contributed by atoms with E-state index in [0.717, 1.165) is 31.6 Å². The number of benzene rings is 1. The van der Waals surface area contributed by atoms with Gasteiger partial charge in [0, 0.05) is 18.5 Å². The summed E-state index contributed by atoms with van der Waals surface area (Å²) in [6.45, 7) is 1.62. The third-order valence-corrected chi connectivity index (χ3v) is 3.37. The predicted molar refractivity (Wildman–Crippen MR) is 67.2 cm³/mol. The van der Waals surface area contributed by atoms with Gasteiger partial charge in [0.2, 0.25) is 5.89 Å². The van der Waals surface area contributed by atoms with Crippen molar-refractivity contribution in [1.29, 1.82) is 0 Å². The molecule has 1 aromatic heterocycles. The molecule has 1 aliphatic rings. The first-order valence-electron chi connectivity index (χ1n) is 6.46. The van der Waals surface area contributed by atoms with Crippen LogP contribution in [0, 0.1) is 17.6 Å². The van der Waals surface area contributed by atoms with Crippen LogP contribution < -0.4 is 10.1 Å². The summed E-state index contributed by atoms with van der Waals surface area (Å²) < 4.78 is 37.6. The highest BCUT2D eigenvalue weighted by molar-refractivity contribution is 5.25. The van der Waals surface area contributed by atoms with Gasteiger partial charge in [-0.25, -0.2) is 13.8 Å². The number of oxazole rings is 1.